The van der Waals surface area contributed by atoms with Crippen molar-refractivity contribution in [3.8, 4) is 0 Å². The molecule has 4 nitrogen and oxygen atoms in total. The maximum atomic E-state index is 12.4. The van der Waals surface area contributed by atoms with Gasteiger partial charge < -0.3 is 5.73 Å². The third kappa shape index (κ3) is 3.22. The van der Waals surface area contributed by atoms with Crippen LogP contribution in [0.4, 0.5) is 5.69 Å². The minimum Gasteiger partial charge on any atom is -0.326 e. The van der Waals surface area contributed by atoms with Gasteiger partial charge in [0.2, 0.25) is 0 Å². The number of benzene rings is 1. The number of anilines is 1. The van der Waals surface area contributed by atoms with E-state index in [2.05, 4.69) is 20.7 Å². The summed E-state index contributed by atoms with van der Waals surface area (Å²) in [7, 11) is -3.58. The molecule has 7 heteroatoms. The van der Waals surface area contributed by atoms with Gasteiger partial charge in [-0.2, -0.15) is 0 Å². The van der Waals surface area contributed by atoms with Crippen LogP contribution in [0.1, 0.15) is 16.0 Å². The van der Waals surface area contributed by atoms with E-state index in [1.54, 1.807) is 12.1 Å². The van der Waals surface area contributed by atoms with Gasteiger partial charge in [0, 0.05) is 15.9 Å². The highest BCUT2D eigenvalue weighted by Gasteiger charge is 2.19. The van der Waals surface area contributed by atoms with Crippen molar-refractivity contribution in [1.82, 2.24) is 0 Å². The molecule has 0 aliphatic heterocycles. The zero-order valence-electron chi connectivity index (χ0n) is 11.1. The topological polar surface area (TPSA) is 72.2 Å². The molecule has 0 saturated carbocycles. The molecule has 1 aromatic carbocycles. The number of halogens is 1. The molecule has 2 rings (SSSR count). The highest BCUT2D eigenvalue weighted by atomic mass is 79.9. The number of hydrogen-bond donors (Lipinski definition) is 2. The summed E-state index contributed by atoms with van der Waals surface area (Å²) in [5, 5.41) is 0. The van der Waals surface area contributed by atoms with E-state index in [1.165, 1.54) is 11.3 Å². The molecular formula is C13H15BrN2O2S2. The van der Waals surface area contributed by atoms with Gasteiger partial charge in [-0.1, -0.05) is 6.07 Å². The van der Waals surface area contributed by atoms with Crippen LogP contribution in [-0.2, 0) is 16.6 Å². The van der Waals surface area contributed by atoms with Crippen LogP contribution in [0.5, 0.6) is 0 Å². The fourth-order valence-corrected chi connectivity index (χ4v) is 4.99. The summed E-state index contributed by atoms with van der Waals surface area (Å²) in [6.45, 7) is 4.15. The Morgan fingerprint density at radius 1 is 1.30 bits per heavy atom. The van der Waals surface area contributed by atoms with Crippen LogP contribution in [0.25, 0.3) is 0 Å². The molecule has 1 heterocycles. The number of nitrogens with one attached hydrogen (secondary N) is 1. The second-order valence-electron chi connectivity index (χ2n) is 4.46. The number of rotatable bonds is 4. The lowest BCUT2D eigenvalue weighted by molar-refractivity contribution is 0.603. The lowest BCUT2D eigenvalue weighted by Crippen LogP contribution is -2.11. The Morgan fingerprint density at radius 3 is 2.55 bits per heavy atom. The molecule has 0 radical (unpaired) electrons. The molecule has 0 unspecified atom stereocenters. The maximum absolute atomic E-state index is 12.4. The monoisotopic (exact) mass is 374 g/mol. The van der Waals surface area contributed by atoms with Crippen LogP contribution in [0.3, 0.4) is 0 Å². The summed E-state index contributed by atoms with van der Waals surface area (Å²) in [5.41, 5.74) is 8.07. The van der Waals surface area contributed by atoms with Gasteiger partial charge >= 0.3 is 0 Å². The van der Waals surface area contributed by atoms with Crippen molar-refractivity contribution in [1.29, 1.82) is 0 Å². The second kappa shape index (κ2) is 5.85. The number of thiophene rings is 1. The minimum atomic E-state index is -3.58. The van der Waals surface area contributed by atoms with E-state index in [-0.39, 0.29) is 4.21 Å². The first kappa shape index (κ1) is 15.5. The van der Waals surface area contributed by atoms with E-state index in [0.717, 1.165) is 16.0 Å². The summed E-state index contributed by atoms with van der Waals surface area (Å²) in [6, 6.07) is 7.11. The first-order valence-electron chi connectivity index (χ1n) is 5.92. The van der Waals surface area contributed by atoms with E-state index in [9.17, 15) is 8.42 Å². The van der Waals surface area contributed by atoms with Gasteiger partial charge in [-0.15, -0.1) is 11.3 Å². The van der Waals surface area contributed by atoms with E-state index < -0.39 is 10.0 Å². The molecule has 0 spiro atoms. The van der Waals surface area contributed by atoms with Crippen molar-refractivity contribution in [2.75, 3.05) is 4.72 Å². The molecule has 0 amide bonds. The fourth-order valence-electron chi connectivity index (χ4n) is 1.72. The molecule has 0 bridgehead atoms. The van der Waals surface area contributed by atoms with Crippen molar-refractivity contribution < 1.29 is 8.42 Å². The summed E-state index contributed by atoms with van der Waals surface area (Å²) >= 11 is 4.57. The maximum Gasteiger partial charge on any atom is 0.271 e. The Balaban J connectivity index is 2.35. The van der Waals surface area contributed by atoms with Gasteiger partial charge in [0.15, 0.2) is 0 Å². The Labute approximate surface area is 131 Å². The largest absolute Gasteiger partial charge is 0.326 e. The van der Waals surface area contributed by atoms with E-state index in [1.807, 2.05) is 26.0 Å². The first-order valence-corrected chi connectivity index (χ1v) is 9.01. The second-order valence-corrected chi connectivity index (χ2v) is 8.36. The summed E-state index contributed by atoms with van der Waals surface area (Å²) in [4.78, 5) is 0.883. The summed E-state index contributed by atoms with van der Waals surface area (Å²) < 4.78 is 28.3. The highest BCUT2D eigenvalue weighted by Crippen LogP contribution is 2.30. The van der Waals surface area contributed by atoms with Gasteiger partial charge in [-0.05, 0) is 59.1 Å². The van der Waals surface area contributed by atoms with Gasteiger partial charge in [0.05, 0.1) is 5.69 Å². The van der Waals surface area contributed by atoms with Crippen molar-refractivity contribution >= 4 is 43.0 Å². The van der Waals surface area contributed by atoms with Gasteiger partial charge in [0.25, 0.3) is 10.0 Å². The highest BCUT2D eigenvalue weighted by molar-refractivity contribution is 9.10. The van der Waals surface area contributed by atoms with E-state index >= 15 is 0 Å². The number of hydrogen-bond acceptors (Lipinski definition) is 4. The summed E-state index contributed by atoms with van der Waals surface area (Å²) in [5.74, 6) is 0. The Morgan fingerprint density at radius 2 is 2.00 bits per heavy atom. The Bertz CT molecular complexity index is 739. The third-order valence-corrected chi connectivity index (χ3v) is 6.57. The van der Waals surface area contributed by atoms with Crippen LogP contribution in [-0.4, -0.2) is 8.42 Å². The molecule has 2 aromatic rings. The lowest BCUT2D eigenvalue weighted by atomic mass is 10.2. The van der Waals surface area contributed by atoms with Crippen molar-refractivity contribution in [2.24, 2.45) is 5.73 Å². The van der Waals surface area contributed by atoms with Crippen LogP contribution in [0, 0.1) is 13.8 Å². The average Bonchev–Trinajstić information content (AvgIpc) is 2.75. The quantitative estimate of drug-likeness (QED) is 0.861. The lowest BCUT2D eigenvalue weighted by Gasteiger charge is -2.08. The molecule has 0 aliphatic rings. The number of sulfonamides is 1. The van der Waals surface area contributed by atoms with Crippen LogP contribution < -0.4 is 10.5 Å². The van der Waals surface area contributed by atoms with Crippen LogP contribution in [0.15, 0.2) is 32.9 Å². The van der Waals surface area contributed by atoms with Gasteiger partial charge in [-0.25, -0.2) is 8.42 Å². The average molecular weight is 375 g/mol. The molecule has 0 fully saturated rings. The van der Waals surface area contributed by atoms with E-state index in [0.29, 0.717) is 16.7 Å². The smallest absolute Gasteiger partial charge is 0.271 e. The normalized spacial score (nSPS) is 11.6. The van der Waals surface area contributed by atoms with E-state index in [4.69, 9.17) is 5.73 Å². The van der Waals surface area contributed by atoms with Crippen LogP contribution in [0.2, 0.25) is 0 Å². The zero-order chi connectivity index (χ0) is 14.9. The molecule has 3 N–H and O–H groups in total. The van der Waals surface area contributed by atoms with Gasteiger partial charge in [-0.3, -0.25) is 4.72 Å². The molecule has 0 aliphatic carbocycles. The standard InChI is InChI=1S/C13H15BrN2O2S2/c1-8-3-4-11(10(14)5-8)16-20(17,18)13-6-9(2)12(7-15)19-13/h3-6,16H,7,15H2,1-2H3. The third-order valence-electron chi connectivity index (χ3n) is 2.82. The Kier molecular flexibility index (Phi) is 4.53. The fraction of sp³-hybridized carbons (Fsp3) is 0.231. The molecule has 20 heavy (non-hydrogen) atoms. The zero-order valence-corrected chi connectivity index (χ0v) is 14.3. The van der Waals surface area contributed by atoms with Gasteiger partial charge in [0.1, 0.15) is 4.21 Å². The predicted octanol–water partition coefficient (Wildman–Crippen LogP) is 3.39. The minimum absolute atomic E-state index is 0.280. The molecule has 108 valence electrons. The first-order chi connectivity index (χ1) is 9.33. The van der Waals surface area contributed by atoms with Crippen molar-refractivity contribution in [2.45, 2.75) is 24.6 Å². The van der Waals surface area contributed by atoms with Crippen molar-refractivity contribution in [3.05, 3.63) is 44.7 Å². The summed E-state index contributed by atoms with van der Waals surface area (Å²) in [6.07, 6.45) is 0. The molecular weight excluding hydrogens is 360 g/mol. The number of aryl methyl sites for hydroxylation is 2. The number of nitrogens with two attached hydrogens (primary N) is 1. The molecule has 1 aromatic heterocycles. The van der Waals surface area contributed by atoms with Crippen LogP contribution >= 0.6 is 27.3 Å². The predicted molar refractivity (Wildman–Crippen MR) is 86.6 cm³/mol. The SMILES string of the molecule is Cc1ccc(NS(=O)(=O)c2cc(C)c(CN)s2)c(Br)c1. The Hall–Kier alpha value is -0.890. The molecule has 0 atom stereocenters. The van der Waals surface area contributed by atoms with Crippen molar-refractivity contribution in [3.63, 3.8) is 0 Å². The molecule has 0 saturated heterocycles.